The maximum atomic E-state index is 13.3. The van der Waals surface area contributed by atoms with Crippen molar-refractivity contribution in [2.45, 2.75) is 37.7 Å². The minimum atomic E-state index is -0.0255. The van der Waals surface area contributed by atoms with Crippen molar-refractivity contribution < 1.29 is 0 Å². The maximum absolute atomic E-state index is 13.3. The highest BCUT2D eigenvalue weighted by Crippen LogP contribution is 2.26. The third kappa shape index (κ3) is 3.82. The minimum absolute atomic E-state index is 0.0255. The van der Waals surface area contributed by atoms with Gasteiger partial charge in [-0.15, -0.1) is 10.2 Å². The lowest BCUT2D eigenvalue weighted by Gasteiger charge is -2.12. The van der Waals surface area contributed by atoms with Gasteiger partial charge in [0.2, 0.25) is 5.78 Å². The van der Waals surface area contributed by atoms with Crippen LogP contribution in [0, 0.1) is 13.8 Å². The number of thioether (sulfide) groups is 1. The summed E-state index contributed by atoms with van der Waals surface area (Å²) in [7, 11) is 0. The second-order valence-electron chi connectivity index (χ2n) is 8.05. The van der Waals surface area contributed by atoms with Gasteiger partial charge in [0, 0.05) is 12.3 Å². The van der Waals surface area contributed by atoms with Crippen LogP contribution >= 0.6 is 11.8 Å². The molecule has 2 heterocycles. The first kappa shape index (κ1) is 20.5. The van der Waals surface area contributed by atoms with Gasteiger partial charge < -0.3 is 0 Å². The molecule has 0 saturated heterocycles. The number of aromatic nitrogens is 4. The number of fused-ring (bicyclic) bond motifs is 3. The highest BCUT2D eigenvalue weighted by Gasteiger charge is 2.17. The van der Waals surface area contributed by atoms with Crippen molar-refractivity contribution in [3.05, 3.63) is 105 Å². The zero-order chi connectivity index (χ0) is 22.1. The average Bonchev–Trinajstić information content (AvgIpc) is 3.24. The Kier molecular flexibility index (Phi) is 5.53. The fraction of sp³-hybridized carbons (Fsp3) is 0.192. The van der Waals surface area contributed by atoms with E-state index in [0.29, 0.717) is 17.7 Å². The molecule has 0 aliphatic heterocycles. The quantitative estimate of drug-likeness (QED) is 0.341. The van der Waals surface area contributed by atoms with Gasteiger partial charge in [-0.25, -0.2) is 0 Å². The molecule has 0 atom stereocenters. The number of para-hydroxylation sites is 1. The van der Waals surface area contributed by atoms with Crippen molar-refractivity contribution in [2.75, 3.05) is 0 Å². The van der Waals surface area contributed by atoms with Gasteiger partial charge in [0.25, 0.3) is 5.56 Å². The highest BCUT2D eigenvalue weighted by atomic mass is 32.2. The Morgan fingerprint density at radius 2 is 1.69 bits per heavy atom. The molecule has 0 fully saturated rings. The van der Waals surface area contributed by atoms with Crippen LogP contribution in [0.4, 0.5) is 0 Å². The van der Waals surface area contributed by atoms with Gasteiger partial charge in [-0.2, -0.15) is 0 Å². The molecular formula is C26H24N4OS. The Morgan fingerprint density at radius 1 is 0.906 bits per heavy atom. The van der Waals surface area contributed by atoms with E-state index in [9.17, 15) is 4.79 Å². The minimum Gasteiger partial charge on any atom is -0.276 e. The SMILES string of the molecule is Cc1ccc(C)c(CSc2nnc3n(CCc4ccccc4)c(=O)c4ccccc4n23)c1. The maximum Gasteiger partial charge on any atom is 0.262 e. The smallest absolute Gasteiger partial charge is 0.262 e. The number of aryl methyl sites for hydroxylation is 4. The van der Waals surface area contributed by atoms with Gasteiger partial charge in [0.15, 0.2) is 5.16 Å². The van der Waals surface area contributed by atoms with Crippen LogP contribution in [0.5, 0.6) is 0 Å². The molecule has 0 spiro atoms. The van der Waals surface area contributed by atoms with E-state index in [1.54, 1.807) is 16.3 Å². The predicted molar refractivity (Wildman–Crippen MR) is 130 cm³/mol. The third-order valence-corrected chi connectivity index (χ3v) is 6.78. The fourth-order valence-electron chi connectivity index (χ4n) is 4.01. The first-order valence-corrected chi connectivity index (χ1v) is 11.7. The summed E-state index contributed by atoms with van der Waals surface area (Å²) in [6, 6.07) is 24.4. The van der Waals surface area contributed by atoms with Crippen molar-refractivity contribution in [3.63, 3.8) is 0 Å². The zero-order valence-corrected chi connectivity index (χ0v) is 19.0. The first-order valence-electron chi connectivity index (χ1n) is 10.7. The average molecular weight is 441 g/mol. The Morgan fingerprint density at radius 3 is 2.53 bits per heavy atom. The van der Waals surface area contributed by atoms with Crippen LogP contribution in [0.25, 0.3) is 16.7 Å². The summed E-state index contributed by atoms with van der Waals surface area (Å²) in [4.78, 5) is 13.3. The molecule has 0 saturated carbocycles. The lowest BCUT2D eigenvalue weighted by Crippen LogP contribution is -2.24. The molecule has 0 unspecified atom stereocenters. The van der Waals surface area contributed by atoms with Crippen molar-refractivity contribution in [2.24, 2.45) is 0 Å². The van der Waals surface area contributed by atoms with E-state index in [0.717, 1.165) is 22.8 Å². The lowest BCUT2D eigenvalue weighted by molar-refractivity contribution is 0.677. The van der Waals surface area contributed by atoms with Crippen LogP contribution in [0.15, 0.2) is 82.7 Å². The molecule has 0 aliphatic rings. The number of hydrogen-bond donors (Lipinski definition) is 0. The molecule has 0 radical (unpaired) electrons. The van der Waals surface area contributed by atoms with Crippen molar-refractivity contribution in [1.82, 2.24) is 19.2 Å². The molecule has 0 bridgehead atoms. The largest absolute Gasteiger partial charge is 0.276 e. The summed E-state index contributed by atoms with van der Waals surface area (Å²) in [6.07, 6.45) is 0.757. The first-order chi connectivity index (χ1) is 15.6. The van der Waals surface area contributed by atoms with E-state index in [4.69, 9.17) is 0 Å². The Hall–Kier alpha value is -3.38. The summed E-state index contributed by atoms with van der Waals surface area (Å²) in [5.41, 5.74) is 5.81. The summed E-state index contributed by atoms with van der Waals surface area (Å²) < 4.78 is 3.78. The standard InChI is InChI=1S/C26H24N4OS/c1-18-12-13-19(2)21(16-18)17-32-26-28-27-25-29(15-14-20-8-4-3-5-9-20)24(31)22-10-6-7-11-23(22)30(25)26/h3-13,16H,14-15,17H2,1-2H3. The van der Waals surface area contributed by atoms with Crippen LogP contribution < -0.4 is 5.56 Å². The second-order valence-corrected chi connectivity index (χ2v) is 8.99. The van der Waals surface area contributed by atoms with E-state index in [2.05, 4.69) is 54.4 Å². The van der Waals surface area contributed by atoms with Crippen LogP contribution in [0.1, 0.15) is 22.3 Å². The Labute approximate surface area is 190 Å². The molecule has 160 valence electrons. The van der Waals surface area contributed by atoms with Gasteiger partial charge in [-0.05, 0) is 49.1 Å². The van der Waals surface area contributed by atoms with Crippen molar-refractivity contribution in [1.29, 1.82) is 0 Å². The summed E-state index contributed by atoms with van der Waals surface area (Å²) in [5.74, 6) is 1.39. The number of nitrogens with zero attached hydrogens (tertiary/aromatic N) is 4. The molecule has 0 amide bonds. The highest BCUT2D eigenvalue weighted by molar-refractivity contribution is 7.98. The van der Waals surface area contributed by atoms with Crippen LogP contribution in [0.3, 0.4) is 0 Å². The zero-order valence-electron chi connectivity index (χ0n) is 18.2. The summed E-state index contributed by atoms with van der Waals surface area (Å²) in [5, 5.41) is 10.4. The topological polar surface area (TPSA) is 52.2 Å². The molecule has 5 aromatic rings. The van der Waals surface area contributed by atoms with Crippen molar-refractivity contribution >= 4 is 28.4 Å². The number of benzene rings is 3. The number of hydrogen-bond acceptors (Lipinski definition) is 4. The summed E-state index contributed by atoms with van der Waals surface area (Å²) >= 11 is 1.65. The normalized spacial score (nSPS) is 11.4. The van der Waals surface area contributed by atoms with Crippen molar-refractivity contribution in [3.8, 4) is 0 Å². The number of rotatable bonds is 6. The van der Waals surface area contributed by atoms with Gasteiger partial charge in [-0.3, -0.25) is 13.8 Å². The van der Waals surface area contributed by atoms with E-state index < -0.39 is 0 Å². The van der Waals surface area contributed by atoms with Gasteiger partial charge in [0.05, 0.1) is 10.9 Å². The predicted octanol–water partition coefficient (Wildman–Crippen LogP) is 5.20. The van der Waals surface area contributed by atoms with Crippen LogP contribution in [-0.2, 0) is 18.7 Å². The Bertz CT molecular complexity index is 1470. The molecule has 0 aliphatic carbocycles. The molecular weight excluding hydrogens is 416 g/mol. The monoisotopic (exact) mass is 440 g/mol. The molecule has 2 aromatic heterocycles. The van der Waals surface area contributed by atoms with Gasteiger partial charge in [0.1, 0.15) is 0 Å². The Balaban J connectivity index is 1.57. The molecule has 0 N–H and O–H groups in total. The summed E-state index contributed by atoms with van der Waals surface area (Å²) in [6.45, 7) is 4.80. The van der Waals surface area contributed by atoms with E-state index >= 15 is 0 Å². The molecule has 6 heteroatoms. The van der Waals surface area contributed by atoms with Crippen LogP contribution in [-0.4, -0.2) is 19.2 Å². The van der Waals surface area contributed by atoms with E-state index in [-0.39, 0.29) is 5.56 Å². The van der Waals surface area contributed by atoms with Crippen LogP contribution in [0.2, 0.25) is 0 Å². The van der Waals surface area contributed by atoms with Gasteiger partial charge in [-0.1, -0.05) is 78.0 Å². The van der Waals surface area contributed by atoms with E-state index in [1.165, 1.54) is 22.3 Å². The second kappa shape index (κ2) is 8.63. The molecule has 32 heavy (non-hydrogen) atoms. The third-order valence-electron chi connectivity index (χ3n) is 5.81. The fourth-order valence-corrected chi connectivity index (χ4v) is 5.02. The van der Waals surface area contributed by atoms with Gasteiger partial charge >= 0.3 is 0 Å². The molecule has 5 nitrogen and oxygen atoms in total. The molecule has 3 aromatic carbocycles. The molecule has 5 rings (SSSR count). The van der Waals surface area contributed by atoms with E-state index in [1.807, 2.05) is 46.9 Å². The lowest BCUT2D eigenvalue weighted by atomic mass is 10.1.